The molecular formula is C23H12N4. The second-order valence-corrected chi connectivity index (χ2v) is 6.20. The third-order valence-corrected chi connectivity index (χ3v) is 4.75. The van der Waals surface area contributed by atoms with Crippen LogP contribution in [-0.2, 0) is 0 Å². The number of hydrogen-bond acceptors (Lipinski definition) is 3. The van der Waals surface area contributed by atoms with Crippen molar-refractivity contribution in [1.82, 2.24) is 19.9 Å². The fraction of sp³-hybridized carbons (Fsp3) is 0. The number of benzene rings is 3. The zero-order valence-electron chi connectivity index (χ0n) is 14.2. The second kappa shape index (κ2) is 5.69. The Labute approximate surface area is 155 Å². The number of aromatic nitrogens is 4. The minimum Gasteiger partial charge on any atom is -0.345 e. The Morgan fingerprint density at radius 3 is 2.59 bits per heavy atom. The van der Waals surface area contributed by atoms with Crippen LogP contribution in [0.5, 0.6) is 0 Å². The van der Waals surface area contributed by atoms with E-state index >= 15 is 0 Å². The van der Waals surface area contributed by atoms with Crippen LogP contribution in [0.4, 0.5) is 0 Å². The molecule has 2 aromatic heterocycles. The summed E-state index contributed by atoms with van der Waals surface area (Å²) < 4.78 is 0. The molecule has 0 spiro atoms. The number of nitrogens with one attached hydrogen (secondary N) is 1. The highest BCUT2D eigenvalue weighted by atomic mass is 14.9. The van der Waals surface area contributed by atoms with Crippen molar-refractivity contribution in [1.29, 1.82) is 0 Å². The van der Waals surface area contributed by atoms with Crippen molar-refractivity contribution in [3.05, 3.63) is 66.2 Å². The second-order valence-electron chi connectivity index (χ2n) is 6.20. The van der Waals surface area contributed by atoms with E-state index in [-0.39, 0.29) is 0 Å². The Balaban J connectivity index is 1.93. The van der Waals surface area contributed by atoms with Crippen molar-refractivity contribution < 1.29 is 0 Å². The molecule has 3 aromatic carbocycles. The van der Waals surface area contributed by atoms with Gasteiger partial charge in [0.2, 0.25) is 0 Å². The maximum absolute atomic E-state index is 5.80. The molecule has 4 nitrogen and oxygen atoms in total. The topological polar surface area (TPSA) is 54.5 Å². The average Bonchev–Trinajstić information content (AvgIpc) is 3.21. The van der Waals surface area contributed by atoms with E-state index in [9.17, 15) is 0 Å². The van der Waals surface area contributed by atoms with Gasteiger partial charge in [0.1, 0.15) is 6.33 Å². The summed E-state index contributed by atoms with van der Waals surface area (Å²) in [6.07, 6.45) is 14.6. The molecule has 0 atom stereocenters. The minimum atomic E-state index is 0.773. The first kappa shape index (κ1) is 15.1. The first-order chi connectivity index (χ1) is 13.3. The first-order valence-electron chi connectivity index (χ1n) is 8.37. The van der Waals surface area contributed by atoms with Gasteiger partial charge in [-0.1, -0.05) is 30.0 Å². The van der Waals surface area contributed by atoms with Gasteiger partial charge in [-0.05, 0) is 24.3 Å². The SMILES string of the molecule is C#Cc1cccc(-c2ncnc3c2ccc2c4nc[nH]c4cc(C#C)c23)c1. The van der Waals surface area contributed by atoms with Gasteiger partial charge in [0.05, 0.1) is 28.6 Å². The minimum absolute atomic E-state index is 0.773. The molecule has 0 fully saturated rings. The van der Waals surface area contributed by atoms with Crippen LogP contribution in [-0.4, -0.2) is 19.9 Å². The summed E-state index contributed by atoms with van der Waals surface area (Å²) in [6.45, 7) is 0. The van der Waals surface area contributed by atoms with E-state index in [1.165, 1.54) is 0 Å². The number of aromatic amines is 1. The number of H-pyrrole nitrogens is 1. The van der Waals surface area contributed by atoms with Gasteiger partial charge < -0.3 is 4.98 Å². The zero-order chi connectivity index (χ0) is 18.4. The Morgan fingerprint density at radius 1 is 0.852 bits per heavy atom. The summed E-state index contributed by atoms with van der Waals surface area (Å²) >= 11 is 0. The summed E-state index contributed by atoms with van der Waals surface area (Å²) in [6, 6.07) is 13.7. The largest absolute Gasteiger partial charge is 0.345 e. The van der Waals surface area contributed by atoms with Gasteiger partial charge >= 0.3 is 0 Å². The average molecular weight is 344 g/mol. The summed E-state index contributed by atoms with van der Waals surface area (Å²) in [5, 5.41) is 2.80. The molecule has 0 bridgehead atoms. The molecule has 4 heteroatoms. The Kier molecular flexibility index (Phi) is 3.19. The molecule has 2 heterocycles. The van der Waals surface area contributed by atoms with E-state index in [1.54, 1.807) is 12.7 Å². The lowest BCUT2D eigenvalue weighted by molar-refractivity contribution is 1.23. The number of rotatable bonds is 1. The third-order valence-electron chi connectivity index (χ3n) is 4.75. The van der Waals surface area contributed by atoms with E-state index in [4.69, 9.17) is 12.8 Å². The third kappa shape index (κ3) is 2.18. The summed E-state index contributed by atoms with van der Waals surface area (Å²) in [7, 11) is 0. The summed E-state index contributed by atoms with van der Waals surface area (Å²) in [5.74, 6) is 5.46. The van der Waals surface area contributed by atoms with E-state index < -0.39 is 0 Å². The fourth-order valence-corrected chi connectivity index (χ4v) is 3.55. The van der Waals surface area contributed by atoms with Crippen molar-refractivity contribution in [2.75, 3.05) is 0 Å². The van der Waals surface area contributed by atoms with Crippen LogP contribution >= 0.6 is 0 Å². The van der Waals surface area contributed by atoms with Gasteiger partial charge in [-0.3, -0.25) is 0 Å². The highest BCUT2D eigenvalue weighted by Crippen LogP contribution is 2.35. The van der Waals surface area contributed by atoms with Crippen LogP contribution in [0, 0.1) is 24.7 Å². The monoisotopic (exact) mass is 344 g/mol. The molecule has 1 N–H and O–H groups in total. The molecule has 0 amide bonds. The normalized spacial score (nSPS) is 10.9. The van der Waals surface area contributed by atoms with Gasteiger partial charge in [-0.25, -0.2) is 15.0 Å². The molecule has 0 radical (unpaired) electrons. The highest BCUT2D eigenvalue weighted by molar-refractivity contribution is 6.18. The molecule has 0 saturated carbocycles. The molecule has 0 saturated heterocycles. The lowest BCUT2D eigenvalue weighted by atomic mass is 9.97. The number of hydrogen-bond donors (Lipinski definition) is 1. The van der Waals surface area contributed by atoms with E-state index in [2.05, 4.69) is 31.8 Å². The maximum Gasteiger partial charge on any atom is 0.116 e. The Morgan fingerprint density at radius 2 is 1.74 bits per heavy atom. The Bertz CT molecular complexity index is 1450. The quantitative estimate of drug-likeness (QED) is 0.365. The highest BCUT2D eigenvalue weighted by Gasteiger charge is 2.14. The fourth-order valence-electron chi connectivity index (χ4n) is 3.55. The van der Waals surface area contributed by atoms with Crippen LogP contribution in [0.1, 0.15) is 11.1 Å². The summed E-state index contributed by atoms with van der Waals surface area (Å²) in [5.41, 5.74) is 5.94. The van der Waals surface area contributed by atoms with Gasteiger partial charge in [0.25, 0.3) is 0 Å². The van der Waals surface area contributed by atoms with Crippen LogP contribution in [0.15, 0.2) is 55.1 Å². The molecule has 124 valence electrons. The molecule has 0 aliphatic heterocycles. The van der Waals surface area contributed by atoms with Crippen LogP contribution < -0.4 is 0 Å². The standard InChI is InChI=1S/C23H12N4/c1-3-14-6-5-7-16(10-14)21-18-9-8-17-20(23(18)27-13-25-21)15(4-2)11-19-22(17)26-12-24-19/h1-2,5-13H,(H,24,26). The van der Waals surface area contributed by atoms with Crippen molar-refractivity contribution >= 4 is 32.7 Å². The van der Waals surface area contributed by atoms with Gasteiger partial charge in [-0.15, -0.1) is 12.8 Å². The molecule has 0 aliphatic rings. The van der Waals surface area contributed by atoms with Crippen molar-refractivity contribution in [3.63, 3.8) is 0 Å². The smallest absolute Gasteiger partial charge is 0.116 e. The Hall–Kier alpha value is -4.15. The zero-order valence-corrected chi connectivity index (χ0v) is 14.2. The molecule has 0 unspecified atom stereocenters. The number of nitrogens with zero attached hydrogens (tertiary/aromatic N) is 3. The van der Waals surface area contributed by atoms with Crippen LogP contribution in [0.2, 0.25) is 0 Å². The van der Waals surface area contributed by atoms with E-state index in [0.29, 0.717) is 0 Å². The lowest BCUT2D eigenvalue weighted by Gasteiger charge is -2.10. The maximum atomic E-state index is 5.80. The van der Waals surface area contributed by atoms with Crippen molar-refractivity contribution in [2.24, 2.45) is 0 Å². The molecule has 0 aliphatic carbocycles. The molecule has 5 rings (SSSR count). The van der Waals surface area contributed by atoms with E-state index in [1.807, 2.05) is 42.5 Å². The number of fused-ring (bicyclic) bond motifs is 5. The predicted octanol–water partition coefficient (Wildman–Crippen LogP) is 4.29. The van der Waals surface area contributed by atoms with Gasteiger partial charge in [0, 0.05) is 32.8 Å². The number of imidazole rings is 1. The van der Waals surface area contributed by atoms with Crippen LogP contribution in [0.3, 0.4) is 0 Å². The van der Waals surface area contributed by atoms with Gasteiger partial charge in [0.15, 0.2) is 0 Å². The van der Waals surface area contributed by atoms with Gasteiger partial charge in [-0.2, -0.15) is 0 Å². The summed E-state index contributed by atoms with van der Waals surface area (Å²) in [4.78, 5) is 16.6. The molecule has 27 heavy (non-hydrogen) atoms. The number of terminal acetylenes is 2. The lowest BCUT2D eigenvalue weighted by Crippen LogP contribution is -1.93. The van der Waals surface area contributed by atoms with Crippen LogP contribution in [0.25, 0.3) is 44.0 Å². The molecule has 5 aromatic rings. The first-order valence-corrected chi connectivity index (χ1v) is 8.37. The van der Waals surface area contributed by atoms with Crippen molar-refractivity contribution in [2.45, 2.75) is 0 Å². The van der Waals surface area contributed by atoms with Crippen molar-refractivity contribution in [3.8, 4) is 35.9 Å². The molecular weight excluding hydrogens is 332 g/mol. The van der Waals surface area contributed by atoms with E-state index in [0.717, 1.165) is 55.1 Å². The predicted molar refractivity (Wildman–Crippen MR) is 108 cm³/mol.